The number of carbonyl (C=O) groups excluding carboxylic acids is 1. The quantitative estimate of drug-likeness (QED) is 0.726. The molecule has 0 unspecified atom stereocenters. The van der Waals surface area contributed by atoms with Crippen molar-refractivity contribution >= 4 is 38.9 Å². The van der Waals surface area contributed by atoms with Crippen LogP contribution in [0.1, 0.15) is 6.92 Å². The van der Waals surface area contributed by atoms with Gasteiger partial charge in [0.25, 0.3) is 10.0 Å². The fraction of sp³-hybridized carbons (Fsp3) is 0.167. The summed E-state index contributed by atoms with van der Waals surface area (Å²) in [6.07, 6.45) is 1.49. The summed E-state index contributed by atoms with van der Waals surface area (Å²) in [7, 11) is -2.37. The van der Waals surface area contributed by atoms with Gasteiger partial charge in [0.05, 0.1) is 29.3 Å². The van der Waals surface area contributed by atoms with Crippen LogP contribution >= 0.6 is 11.6 Å². The highest BCUT2D eigenvalue weighted by Crippen LogP contribution is 2.32. The van der Waals surface area contributed by atoms with E-state index in [1.165, 1.54) is 54.7 Å². The Labute approximate surface area is 158 Å². The van der Waals surface area contributed by atoms with Crippen LogP contribution in [-0.2, 0) is 14.8 Å². The lowest BCUT2D eigenvalue weighted by atomic mass is 10.3. The SMILES string of the molecule is C=CCN(c1ccc(OC)c(Cl)c1)S(=O)(=O)c1ccc(NC(C)=O)cc1. The van der Waals surface area contributed by atoms with Gasteiger partial charge in [-0.15, -0.1) is 6.58 Å². The van der Waals surface area contributed by atoms with Crippen LogP contribution in [0.4, 0.5) is 11.4 Å². The van der Waals surface area contributed by atoms with E-state index >= 15 is 0 Å². The molecule has 2 rings (SSSR count). The molecule has 6 nitrogen and oxygen atoms in total. The zero-order valence-corrected chi connectivity index (χ0v) is 16.0. The highest BCUT2D eigenvalue weighted by atomic mass is 35.5. The Balaban J connectivity index is 2.43. The van der Waals surface area contributed by atoms with E-state index in [2.05, 4.69) is 11.9 Å². The molecule has 8 heteroatoms. The molecule has 138 valence electrons. The van der Waals surface area contributed by atoms with E-state index in [9.17, 15) is 13.2 Å². The first kappa shape index (κ1) is 19.8. The van der Waals surface area contributed by atoms with Crippen molar-refractivity contribution < 1.29 is 17.9 Å². The van der Waals surface area contributed by atoms with Crippen LogP contribution in [0, 0.1) is 0 Å². The van der Waals surface area contributed by atoms with Crippen LogP contribution in [0.2, 0.25) is 5.02 Å². The van der Waals surface area contributed by atoms with Gasteiger partial charge < -0.3 is 10.1 Å². The number of ether oxygens (including phenoxy) is 1. The van der Waals surface area contributed by atoms with Crippen LogP contribution < -0.4 is 14.4 Å². The summed E-state index contributed by atoms with van der Waals surface area (Å²) in [6.45, 7) is 5.07. The lowest BCUT2D eigenvalue weighted by molar-refractivity contribution is -0.114. The third kappa shape index (κ3) is 4.36. The van der Waals surface area contributed by atoms with Crippen molar-refractivity contribution in [3.63, 3.8) is 0 Å². The van der Waals surface area contributed by atoms with E-state index in [-0.39, 0.29) is 17.3 Å². The molecule has 0 aliphatic heterocycles. The molecule has 0 aromatic heterocycles. The Bertz CT molecular complexity index is 911. The second kappa shape index (κ2) is 8.25. The van der Waals surface area contributed by atoms with Gasteiger partial charge in [0.15, 0.2) is 0 Å². The number of benzene rings is 2. The molecule has 2 aromatic rings. The topological polar surface area (TPSA) is 75.7 Å². The number of amides is 1. The highest BCUT2D eigenvalue weighted by Gasteiger charge is 2.24. The van der Waals surface area contributed by atoms with Gasteiger partial charge in [-0.1, -0.05) is 17.7 Å². The number of halogens is 1. The Kier molecular flexibility index (Phi) is 6.28. The summed E-state index contributed by atoms with van der Waals surface area (Å²) in [5.74, 6) is 0.216. The van der Waals surface area contributed by atoms with Crippen molar-refractivity contribution in [3.05, 3.63) is 60.1 Å². The molecule has 0 aliphatic rings. The predicted octanol–water partition coefficient (Wildman–Crippen LogP) is 3.69. The van der Waals surface area contributed by atoms with Gasteiger partial charge in [0.1, 0.15) is 5.75 Å². The lowest BCUT2D eigenvalue weighted by Crippen LogP contribution is -2.31. The molecular weight excluding hydrogens is 376 g/mol. The number of rotatable bonds is 7. The largest absolute Gasteiger partial charge is 0.495 e. The first-order valence-electron chi connectivity index (χ1n) is 7.64. The zero-order valence-electron chi connectivity index (χ0n) is 14.4. The van der Waals surface area contributed by atoms with E-state index in [0.717, 1.165) is 0 Å². The maximum absolute atomic E-state index is 13.0. The molecule has 26 heavy (non-hydrogen) atoms. The van der Waals surface area contributed by atoms with Gasteiger partial charge in [-0.05, 0) is 42.5 Å². The molecule has 0 saturated heterocycles. The Morgan fingerprint density at radius 3 is 2.42 bits per heavy atom. The predicted molar refractivity (Wildman–Crippen MR) is 103 cm³/mol. The van der Waals surface area contributed by atoms with Crippen LogP contribution in [0.15, 0.2) is 60.0 Å². The van der Waals surface area contributed by atoms with Crippen molar-refractivity contribution in [2.75, 3.05) is 23.3 Å². The third-order valence-corrected chi connectivity index (χ3v) is 5.58. The summed E-state index contributed by atoms with van der Waals surface area (Å²) in [4.78, 5) is 11.2. The first-order chi connectivity index (χ1) is 12.3. The first-order valence-corrected chi connectivity index (χ1v) is 9.46. The minimum atomic E-state index is -3.85. The average Bonchev–Trinajstić information content (AvgIpc) is 2.59. The Morgan fingerprint density at radius 1 is 1.27 bits per heavy atom. The van der Waals surface area contributed by atoms with Crippen molar-refractivity contribution in [2.45, 2.75) is 11.8 Å². The van der Waals surface area contributed by atoms with E-state index in [1.54, 1.807) is 12.1 Å². The monoisotopic (exact) mass is 394 g/mol. The molecular formula is C18H19ClN2O4S. The van der Waals surface area contributed by atoms with Crippen LogP contribution in [0.5, 0.6) is 5.75 Å². The van der Waals surface area contributed by atoms with E-state index < -0.39 is 10.0 Å². The molecule has 1 N–H and O–H groups in total. The molecule has 0 radical (unpaired) electrons. The van der Waals surface area contributed by atoms with Gasteiger partial charge >= 0.3 is 0 Å². The van der Waals surface area contributed by atoms with Gasteiger partial charge in [0, 0.05) is 12.6 Å². The third-order valence-electron chi connectivity index (χ3n) is 3.48. The second-order valence-electron chi connectivity index (χ2n) is 5.35. The molecule has 1 amide bonds. The lowest BCUT2D eigenvalue weighted by Gasteiger charge is -2.24. The number of sulfonamides is 1. The molecule has 0 bridgehead atoms. The van der Waals surface area contributed by atoms with Crippen molar-refractivity contribution in [1.82, 2.24) is 0 Å². The maximum Gasteiger partial charge on any atom is 0.264 e. The molecule has 0 heterocycles. The van der Waals surface area contributed by atoms with Gasteiger partial charge in [-0.2, -0.15) is 0 Å². The summed E-state index contributed by atoms with van der Waals surface area (Å²) in [5.41, 5.74) is 0.904. The number of anilines is 2. The standard InChI is InChI=1S/C18H19ClN2O4S/c1-4-11-21(15-7-10-18(25-3)17(19)12-15)26(23,24)16-8-5-14(6-9-16)20-13(2)22/h4-10,12H,1,11H2,2-3H3,(H,20,22). The summed E-state index contributed by atoms with van der Waals surface area (Å²) in [6, 6.07) is 10.7. The van der Waals surface area contributed by atoms with Crippen LogP contribution in [0.25, 0.3) is 0 Å². The number of hydrogen-bond donors (Lipinski definition) is 1. The molecule has 0 fully saturated rings. The fourth-order valence-electron chi connectivity index (χ4n) is 2.31. The van der Waals surface area contributed by atoms with E-state index in [1.807, 2.05) is 0 Å². The average molecular weight is 395 g/mol. The van der Waals surface area contributed by atoms with Gasteiger partial charge in [-0.3, -0.25) is 9.10 Å². The minimum Gasteiger partial charge on any atom is -0.495 e. The molecule has 2 aromatic carbocycles. The number of nitrogens with one attached hydrogen (secondary N) is 1. The summed E-state index contributed by atoms with van der Waals surface area (Å²) < 4.78 is 32.4. The van der Waals surface area contributed by atoms with Crippen molar-refractivity contribution in [3.8, 4) is 5.75 Å². The smallest absolute Gasteiger partial charge is 0.264 e. The highest BCUT2D eigenvalue weighted by molar-refractivity contribution is 7.92. The van der Waals surface area contributed by atoms with Crippen LogP contribution in [0.3, 0.4) is 0 Å². The maximum atomic E-state index is 13.0. The van der Waals surface area contributed by atoms with Gasteiger partial charge in [0.2, 0.25) is 5.91 Å². The van der Waals surface area contributed by atoms with Crippen molar-refractivity contribution in [2.24, 2.45) is 0 Å². The molecule has 0 spiro atoms. The van der Waals surface area contributed by atoms with E-state index in [4.69, 9.17) is 16.3 Å². The van der Waals surface area contributed by atoms with Crippen LogP contribution in [-0.4, -0.2) is 28.0 Å². The molecule has 0 atom stereocenters. The fourth-order valence-corrected chi connectivity index (χ4v) is 3.99. The number of methoxy groups -OCH3 is 1. The minimum absolute atomic E-state index is 0.0679. The normalized spacial score (nSPS) is 10.9. The molecule has 0 saturated carbocycles. The number of carbonyl (C=O) groups is 1. The number of hydrogen-bond acceptors (Lipinski definition) is 4. The van der Waals surface area contributed by atoms with E-state index in [0.29, 0.717) is 22.1 Å². The Hall–Kier alpha value is -2.51. The summed E-state index contributed by atoms with van der Waals surface area (Å²) in [5, 5.41) is 2.90. The zero-order chi connectivity index (χ0) is 19.3. The van der Waals surface area contributed by atoms with Crippen molar-refractivity contribution in [1.29, 1.82) is 0 Å². The molecule has 0 aliphatic carbocycles. The van der Waals surface area contributed by atoms with Gasteiger partial charge in [-0.25, -0.2) is 8.42 Å². The second-order valence-corrected chi connectivity index (χ2v) is 7.62. The summed E-state index contributed by atoms with van der Waals surface area (Å²) >= 11 is 6.13. The Morgan fingerprint density at radius 2 is 1.92 bits per heavy atom. The number of nitrogens with zero attached hydrogens (tertiary/aromatic N) is 1.